The highest BCUT2D eigenvalue weighted by molar-refractivity contribution is 7.99. The largest absolute Gasteiger partial charge is 0.314 e. The molecule has 2 rings (SSSR count). The predicted molar refractivity (Wildman–Crippen MR) is 86.9 cm³/mol. The molecule has 0 spiro atoms. The Bertz CT molecular complexity index is 278. The average molecular weight is 285 g/mol. The van der Waals surface area contributed by atoms with Crippen molar-refractivity contribution in [3.05, 3.63) is 0 Å². The lowest BCUT2D eigenvalue weighted by Crippen LogP contribution is -2.53. The van der Waals surface area contributed by atoms with Crippen molar-refractivity contribution in [2.45, 2.75) is 59.0 Å². The summed E-state index contributed by atoms with van der Waals surface area (Å²) in [5.74, 6) is 3.56. The van der Waals surface area contributed by atoms with E-state index in [1.54, 1.807) is 0 Å². The predicted octanol–water partition coefficient (Wildman–Crippen LogP) is 3.23. The van der Waals surface area contributed by atoms with E-state index in [9.17, 15) is 0 Å². The van der Waals surface area contributed by atoms with Crippen molar-refractivity contribution in [2.75, 3.05) is 31.1 Å². The normalized spacial score (nSPS) is 32.7. The number of likely N-dealkylation sites (tertiary alicyclic amines) is 1. The van der Waals surface area contributed by atoms with Crippen LogP contribution in [0.15, 0.2) is 0 Å². The van der Waals surface area contributed by atoms with E-state index in [4.69, 9.17) is 0 Å². The van der Waals surface area contributed by atoms with Crippen LogP contribution in [0, 0.1) is 11.3 Å². The number of piperidine rings is 1. The molecule has 0 radical (unpaired) electrons. The van der Waals surface area contributed by atoms with Crippen LogP contribution in [0.3, 0.4) is 0 Å². The van der Waals surface area contributed by atoms with Gasteiger partial charge in [0, 0.05) is 24.4 Å². The fourth-order valence-electron chi connectivity index (χ4n) is 3.47. The van der Waals surface area contributed by atoms with Crippen molar-refractivity contribution in [3.8, 4) is 0 Å². The van der Waals surface area contributed by atoms with Crippen molar-refractivity contribution < 1.29 is 0 Å². The van der Waals surface area contributed by atoms with Crippen LogP contribution in [0.4, 0.5) is 0 Å². The Morgan fingerprint density at radius 1 is 1.37 bits per heavy atom. The summed E-state index contributed by atoms with van der Waals surface area (Å²) >= 11 is 2.16. The lowest BCUT2D eigenvalue weighted by molar-refractivity contribution is 0.0570. The third-order valence-electron chi connectivity index (χ3n) is 4.87. The van der Waals surface area contributed by atoms with Gasteiger partial charge in [-0.3, -0.25) is 4.90 Å². The Hall–Kier alpha value is 0.270. The van der Waals surface area contributed by atoms with Gasteiger partial charge in [-0.25, -0.2) is 0 Å². The summed E-state index contributed by atoms with van der Waals surface area (Å²) in [6, 6.07) is 1.42. The Morgan fingerprint density at radius 2 is 2.16 bits per heavy atom. The zero-order valence-electron chi connectivity index (χ0n) is 13.2. The maximum atomic E-state index is 3.63. The summed E-state index contributed by atoms with van der Waals surface area (Å²) in [7, 11) is 0. The molecule has 2 aliphatic rings. The monoisotopic (exact) mass is 284 g/mol. The molecule has 3 heteroatoms. The van der Waals surface area contributed by atoms with E-state index in [0.29, 0.717) is 11.5 Å². The van der Waals surface area contributed by atoms with Gasteiger partial charge in [-0.05, 0) is 49.4 Å². The number of thioether (sulfide) groups is 1. The fraction of sp³-hybridized carbons (Fsp3) is 1.00. The van der Waals surface area contributed by atoms with E-state index >= 15 is 0 Å². The summed E-state index contributed by atoms with van der Waals surface area (Å²) in [4.78, 5) is 2.81. The molecular weight excluding hydrogens is 252 g/mol. The Morgan fingerprint density at radius 3 is 2.84 bits per heavy atom. The highest BCUT2D eigenvalue weighted by Gasteiger charge is 2.38. The topological polar surface area (TPSA) is 15.3 Å². The average Bonchev–Trinajstić information content (AvgIpc) is 2.36. The third kappa shape index (κ3) is 4.37. The minimum atomic E-state index is 0.513. The van der Waals surface area contributed by atoms with E-state index in [-0.39, 0.29) is 0 Å². The molecule has 2 heterocycles. The standard InChI is InChI=1S/C16H32N2S/c1-13(2)17-10-14-6-5-8-18(11-14)15-12-19-9-7-16(15,3)4/h13-15,17H,5-12H2,1-4H3. The van der Waals surface area contributed by atoms with Crippen LogP contribution < -0.4 is 5.32 Å². The van der Waals surface area contributed by atoms with Crippen molar-refractivity contribution >= 4 is 11.8 Å². The molecule has 2 atom stereocenters. The number of hydrogen-bond acceptors (Lipinski definition) is 3. The van der Waals surface area contributed by atoms with Gasteiger partial charge in [0.15, 0.2) is 0 Å². The molecule has 2 aliphatic heterocycles. The number of hydrogen-bond donors (Lipinski definition) is 1. The summed E-state index contributed by atoms with van der Waals surface area (Å²) in [5.41, 5.74) is 0.513. The first-order valence-corrected chi connectivity index (χ1v) is 9.19. The van der Waals surface area contributed by atoms with Crippen LogP contribution in [0.1, 0.15) is 47.0 Å². The van der Waals surface area contributed by atoms with Gasteiger partial charge in [-0.2, -0.15) is 11.8 Å². The summed E-state index contributed by atoms with van der Waals surface area (Å²) in [5, 5.41) is 3.63. The smallest absolute Gasteiger partial charge is 0.0237 e. The highest BCUT2D eigenvalue weighted by Crippen LogP contribution is 2.38. The van der Waals surface area contributed by atoms with Gasteiger partial charge >= 0.3 is 0 Å². The lowest BCUT2D eigenvalue weighted by Gasteiger charge is -2.48. The lowest BCUT2D eigenvalue weighted by atomic mass is 9.80. The van der Waals surface area contributed by atoms with E-state index in [1.165, 1.54) is 50.4 Å². The van der Waals surface area contributed by atoms with Crippen LogP contribution in [-0.2, 0) is 0 Å². The van der Waals surface area contributed by atoms with Gasteiger partial charge in [0.05, 0.1) is 0 Å². The van der Waals surface area contributed by atoms with E-state index < -0.39 is 0 Å². The van der Waals surface area contributed by atoms with E-state index in [2.05, 4.69) is 49.7 Å². The first kappa shape index (κ1) is 15.7. The van der Waals surface area contributed by atoms with Gasteiger partial charge < -0.3 is 5.32 Å². The maximum absolute atomic E-state index is 3.63. The molecule has 2 saturated heterocycles. The van der Waals surface area contributed by atoms with Gasteiger partial charge in [0.25, 0.3) is 0 Å². The van der Waals surface area contributed by atoms with E-state index in [1.807, 2.05) is 0 Å². The molecule has 2 fully saturated rings. The van der Waals surface area contributed by atoms with Crippen LogP contribution in [0.25, 0.3) is 0 Å². The summed E-state index contributed by atoms with van der Waals surface area (Å²) in [6.07, 6.45) is 4.19. The molecule has 0 saturated carbocycles. The molecule has 0 aliphatic carbocycles. The molecule has 0 aromatic rings. The fourth-order valence-corrected chi connectivity index (χ4v) is 5.19. The zero-order valence-corrected chi connectivity index (χ0v) is 14.1. The third-order valence-corrected chi connectivity index (χ3v) is 5.92. The Kier molecular flexibility index (Phi) is 5.62. The molecule has 2 nitrogen and oxygen atoms in total. The molecule has 0 aromatic carbocycles. The van der Waals surface area contributed by atoms with Gasteiger partial charge in [-0.1, -0.05) is 27.7 Å². The van der Waals surface area contributed by atoms with Crippen molar-refractivity contribution in [3.63, 3.8) is 0 Å². The molecule has 0 amide bonds. The number of nitrogens with one attached hydrogen (secondary N) is 1. The van der Waals surface area contributed by atoms with Crippen LogP contribution in [-0.4, -0.2) is 48.1 Å². The van der Waals surface area contributed by atoms with Gasteiger partial charge in [0.2, 0.25) is 0 Å². The summed E-state index contributed by atoms with van der Waals surface area (Å²) in [6.45, 7) is 13.3. The quantitative estimate of drug-likeness (QED) is 0.853. The Labute approximate surface area is 124 Å². The Balaban J connectivity index is 1.89. The second-order valence-electron chi connectivity index (χ2n) is 7.40. The van der Waals surface area contributed by atoms with Crippen molar-refractivity contribution in [1.29, 1.82) is 0 Å². The second-order valence-corrected chi connectivity index (χ2v) is 8.55. The van der Waals surface area contributed by atoms with Crippen molar-refractivity contribution in [2.24, 2.45) is 11.3 Å². The number of nitrogens with zero attached hydrogens (tertiary/aromatic N) is 1. The minimum Gasteiger partial charge on any atom is -0.314 e. The molecule has 0 bridgehead atoms. The van der Waals surface area contributed by atoms with Gasteiger partial charge in [0.1, 0.15) is 0 Å². The minimum absolute atomic E-state index is 0.513. The van der Waals surface area contributed by atoms with E-state index in [0.717, 1.165) is 12.0 Å². The van der Waals surface area contributed by atoms with Crippen LogP contribution in [0.5, 0.6) is 0 Å². The van der Waals surface area contributed by atoms with Crippen LogP contribution in [0.2, 0.25) is 0 Å². The van der Waals surface area contributed by atoms with Gasteiger partial charge in [-0.15, -0.1) is 0 Å². The molecule has 2 unspecified atom stereocenters. The number of rotatable bonds is 4. The maximum Gasteiger partial charge on any atom is 0.0237 e. The van der Waals surface area contributed by atoms with Crippen molar-refractivity contribution in [1.82, 2.24) is 10.2 Å². The van der Waals surface area contributed by atoms with Crippen LogP contribution >= 0.6 is 11.8 Å². The highest BCUT2D eigenvalue weighted by atomic mass is 32.2. The second kappa shape index (κ2) is 6.82. The molecule has 112 valence electrons. The molecule has 19 heavy (non-hydrogen) atoms. The first-order chi connectivity index (χ1) is 8.99. The molecule has 1 N–H and O–H groups in total. The molecular formula is C16H32N2S. The molecule has 0 aromatic heterocycles. The zero-order chi connectivity index (χ0) is 13.9. The summed E-state index contributed by atoms with van der Waals surface area (Å²) < 4.78 is 0. The first-order valence-electron chi connectivity index (χ1n) is 8.04. The SMILES string of the molecule is CC(C)NCC1CCCN(C2CSCCC2(C)C)C1.